The molecule has 19 heavy (non-hydrogen) atoms. The summed E-state index contributed by atoms with van der Waals surface area (Å²) in [6.07, 6.45) is 0. The van der Waals surface area contributed by atoms with Gasteiger partial charge in [0.2, 0.25) is 5.91 Å². The minimum Gasteiger partial charge on any atom is -0.378 e. The third-order valence-electron chi connectivity index (χ3n) is 3.01. The molecule has 6 heteroatoms. The van der Waals surface area contributed by atoms with Gasteiger partial charge in [0, 0.05) is 6.54 Å². The highest BCUT2D eigenvalue weighted by atomic mass is 32.1. The molecule has 1 atom stereocenters. The summed E-state index contributed by atoms with van der Waals surface area (Å²) in [6, 6.07) is 5.77. The smallest absolute Gasteiger partial charge is 0.245 e. The van der Waals surface area contributed by atoms with E-state index in [0.29, 0.717) is 24.9 Å². The molecule has 0 spiro atoms. The van der Waals surface area contributed by atoms with Crippen LogP contribution < -0.4 is 10.6 Å². The molecule has 0 bridgehead atoms. The predicted molar refractivity (Wildman–Crippen MR) is 75.6 cm³/mol. The number of carbonyl (C=O) groups is 1. The number of hydrogen-bond acceptors (Lipinski definition) is 5. The Balaban J connectivity index is 1.75. The summed E-state index contributed by atoms with van der Waals surface area (Å²) < 4.78 is 6.36. The second-order valence-corrected chi connectivity index (χ2v) is 5.59. The van der Waals surface area contributed by atoms with Crippen molar-refractivity contribution in [1.82, 2.24) is 10.3 Å². The minimum atomic E-state index is -0.289. The average molecular weight is 277 g/mol. The summed E-state index contributed by atoms with van der Waals surface area (Å²) in [6.45, 7) is 3.82. The first-order valence-electron chi connectivity index (χ1n) is 6.21. The average Bonchev–Trinajstić information content (AvgIpc) is 2.81. The van der Waals surface area contributed by atoms with Gasteiger partial charge in [0.25, 0.3) is 0 Å². The molecular formula is C13H15N3O2S. The van der Waals surface area contributed by atoms with Crippen molar-refractivity contribution in [2.24, 2.45) is 0 Å². The fourth-order valence-corrected chi connectivity index (χ4v) is 2.98. The molecule has 2 aromatic rings. The molecule has 2 heterocycles. The summed E-state index contributed by atoms with van der Waals surface area (Å²) in [4.78, 5) is 16.4. The molecule has 1 aliphatic heterocycles. The van der Waals surface area contributed by atoms with E-state index in [1.54, 1.807) is 0 Å². The summed E-state index contributed by atoms with van der Waals surface area (Å²) in [5.41, 5.74) is 2.11. The molecule has 1 aromatic carbocycles. The summed E-state index contributed by atoms with van der Waals surface area (Å²) in [7, 11) is 0. The van der Waals surface area contributed by atoms with Crippen LogP contribution in [0.5, 0.6) is 0 Å². The molecule has 0 radical (unpaired) electrons. The Morgan fingerprint density at radius 2 is 2.47 bits per heavy atom. The van der Waals surface area contributed by atoms with Crippen LogP contribution in [0.1, 0.15) is 5.56 Å². The van der Waals surface area contributed by atoms with Crippen LogP contribution in [0, 0.1) is 6.92 Å². The van der Waals surface area contributed by atoms with Gasteiger partial charge in [-0.3, -0.25) is 4.79 Å². The number of morpholine rings is 1. The second-order valence-electron chi connectivity index (χ2n) is 4.56. The van der Waals surface area contributed by atoms with E-state index in [0.717, 1.165) is 10.2 Å². The molecule has 5 nitrogen and oxygen atoms in total. The largest absolute Gasteiger partial charge is 0.378 e. The first-order chi connectivity index (χ1) is 9.22. The molecule has 1 amide bonds. The van der Waals surface area contributed by atoms with Crippen molar-refractivity contribution in [2.75, 3.05) is 25.1 Å². The van der Waals surface area contributed by atoms with Gasteiger partial charge in [-0.15, -0.1) is 0 Å². The van der Waals surface area contributed by atoms with Crippen molar-refractivity contribution < 1.29 is 9.53 Å². The van der Waals surface area contributed by atoms with E-state index in [2.05, 4.69) is 21.7 Å². The third-order valence-corrected chi connectivity index (χ3v) is 3.95. The van der Waals surface area contributed by atoms with Crippen LogP contribution in [-0.2, 0) is 9.53 Å². The van der Waals surface area contributed by atoms with Crippen LogP contribution in [0.4, 0.5) is 5.13 Å². The van der Waals surface area contributed by atoms with E-state index in [-0.39, 0.29) is 11.9 Å². The van der Waals surface area contributed by atoms with Gasteiger partial charge in [0.15, 0.2) is 5.13 Å². The lowest BCUT2D eigenvalue weighted by Crippen LogP contribution is -2.48. The van der Waals surface area contributed by atoms with Gasteiger partial charge in [0.05, 0.1) is 23.4 Å². The molecule has 100 valence electrons. The molecule has 1 fully saturated rings. The zero-order chi connectivity index (χ0) is 13.2. The Morgan fingerprint density at radius 1 is 1.58 bits per heavy atom. The van der Waals surface area contributed by atoms with Crippen molar-refractivity contribution in [3.63, 3.8) is 0 Å². The number of benzene rings is 1. The number of fused-ring (bicyclic) bond motifs is 1. The van der Waals surface area contributed by atoms with Crippen LogP contribution in [0.3, 0.4) is 0 Å². The van der Waals surface area contributed by atoms with Crippen LogP contribution in [0.25, 0.3) is 10.2 Å². The van der Waals surface area contributed by atoms with E-state index >= 15 is 0 Å². The quantitative estimate of drug-likeness (QED) is 0.874. The highest BCUT2D eigenvalue weighted by Gasteiger charge is 2.22. The van der Waals surface area contributed by atoms with Gasteiger partial charge >= 0.3 is 0 Å². The Kier molecular flexibility index (Phi) is 3.46. The van der Waals surface area contributed by atoms with E-state index in [1.165, 1.54) is 16.9 Å². The van der Waals surface area contributed by atoms with Crippen molar-refractivity contribution in [1.29, 1.82) is 0 Å². The van der Waals surface area contributed by atoms with Crippen molar-refractivity contribution in [2.45, 2.75) is 13.0 Å². The lowest BCUT2D eigenvalue weighted by atomic mass is 10.2. The number of aryl methyl sites for hydroxylation is 1. The molecule has 0 saturated carbocycles. The first-order valence-corrected chi connectivity index (χ1v) is 7.03. The van der Waals surface area contributed by atoms with Gasteiger partial charge in [-0.2, -0.15) is 0 Å². The van der Waals surface area contributed by atoms with Gasteiger partial charge < -0.3 is 15.4 Å². The number of carbonyl (C=O) groups excluding carboxylic acids is 1. The van der Waals surface area contributed by atoms with Gasteiger partial charge in [-0.1, -0.05) is 17.4 Å². The number of amides is 1. The monoisotopic (exact) mass is 277 g/mol. The standard InChI is InChI=1S/C13H15N3O2S/c1-8-2-3-9-11(6-8)19-13(15-9)16-12(17)10-7-18-5-4-14-10/h2-3,6,10,14H,4-5,7H2,1H3,(H,15,16,17). The zero-order valence-electron chi connectivity index (χ0n) is 10.6. The van der Waals surface area contributed by atoms with Crippen molar-refractivity contribution in [3.05, 3.63) is 23.8 Å². The fourth-order valence-electron chi connectivity index (χ4n) is 2.01. The number of anilines is 1. The van der Waals surface area contributed by atoms with Crippen LogP contribution in [0.15, 0.2) is 18.2 Å². The maximum Gasteiger partial charge on any atom is 0.245 e. The highest BCUT2D eigenvalue weighted by Crippen LogP contribution is 2.26. The number of nitrogens with zero attached hydrogens (tertiary/aromatic N) is 1. The predicted octanol–water partition coefficient (Wildman–Crippen LogP) is 1.53. The van der Waals surface area contributed by atoms with Gasteiger partial charge in [-0.25, -0.2) is 4.98 Å². The summed E-state index contributed by atoms with van der Waals surface area (Å²) >= 11 is 1.49. The second kappa shape index (κ2) is 5.24. The van der Waals surface area contributed by atoms with Crippen LogP contribution in [-0.4, -0.2) is 36.7 Å². The molecule has 1 unspecified atom stereocenters. The molecule has 3 rings (SSSR count). The Morgan fingerprint density at radius 3 is 3.26 bits per heavy atom. The number of thiazole rings is 1. The normalized spacial score (nSPS) is 19.5. The Bertz CT molecular complexity index is 605. The highest BCUT2D eigenvalue weighted by molar-refractivity contribution is 7.22. The molecule has 1 aliphatic rings. The Hall–Kier alpha value is -1.50. The first kappa shape index (κ1) is 12.5. The lowest BCUT2D eigenvalue weighted by molar-refractivity contribution is -0.120. The SMILES string of the molecule is Cc1ccc2nc(NC(=O)C3COCCN3)sc2c1. The maximum atomic E-state index is 12.0. The van der Waals surface area contributed by atoms with Crippen LogP contribution in [0.2, 0.25) is 0 Å². The number of aromatic nitrogens is 1. The minimum absolute atomic E-state index is 0.0875. The van der Waals surface area contributed by atoms with E-state index in [9.17, 15) is 4.79 Å². The maximum absolute atomic E-state index is 12.0. The molecule has 1 saturated heterocycles. The Labute approximate surface area is 115 Å². The number of nitrogens with one attached hydrogen (secondary N) is 2. The lowest BCUT2D eigenvalue weighted by Gasteiger charge is -2.22. The van der Waals surface area contributed by atoms with E-state index in [1.807, 2.05) is 19.1 Å². The fraction of sp³-hybridized carbons (Fsp3) is 0.385. The van der Waals surface area contributed by atoms with E-state index in [4.69, 9.17) is 4.74 Å². The summed E-state index contributed by atoms with van der Waals surface area (Å²) in [5.74, 6) is -0.0875. The molecule has 0 aliphatic carbocycles. The zero-order valence-corrected chi connectivity index (χ0v) is 11.4. The number of hydrogen-bond donors (Lipinski definition) is 2. The molecule has 1 aromatic heterocycles. The van der Waals surface area contributed by atoms with Gasteiger partial charge in [-0.05, 0) is 24.6 Å². The topological polar surface area (TPSA) is 63.2 Å². The summed E-state index contributed by atoms with van der Waals surface area (Å²) in [5, 5.41) is 6.61. The van der Waals surface area contributed by atoms with Gasteiger partial charge in [0.1, 0.15) is 6.04 Å². The van der Waals surface area contributed by atoms with Crippen LogP contribution >= 0.6 is 11.3 Å². The number of rotatable bonds is 2. The third kappa shape index (κ3) is 2.75. The number of ether oxygens (including phenoxy) is 1. The van der Waals surface area contributed by atoms with Crippen molar-refractivity contribution in [3.8, 4) is 0 Å². The molecule has 2 N–H and O–H groups in total. The molecular weight excluding hydrogens is 262 g/mol. The van der Waals surface area contributed by atoms with E-state index < -0.39 is 0 Å². The van der Waals surface area contributed by atoms with Crippen molar-refractivity contribution >= 4 is 32.6 Å².